The van der Waals surface area contributed by atoms with E-state index < -0.39 is 11.6 Å². The lowest BCUT2D eigenvalue weighted by atomic mass is 9.98. The molecule has 0 spiro atoms. The number of piperazine rings is 1. The van der Waals surface area contributed by atoms with Crippen molar-refractivity contribution in [1.29, 1.82) is 5.26 Å². The number of nitrogens with one attached hydrogen (secondary N) is 1. The summed E-state index contributed by atoms with van der Waals surface area (Å²) in [6.07, 6.45) is 1.33. The summed E-state index contributed by atoms with van der Waals surface area (Å²) < 4.78 is 11.5. The SMILES string of the molecule is C[C@](C#N)(NC(=O)CN1CCN(C(=O)[C@@H]2COc3ccccc3O2)CC1)C1CC1. The zero-order chi connectivity index (χ0) is 20.4. The third kappa shape index (κ3) is 4.30. The van der Waals surface area contributed by atoms with E-state index >= 15 is 0 Å². The summed E-state index contributed by atoms with van der Waals surface area (Å²) >= 11 is 0. The summed E-state index contributed by atoms with van der Waals surface area (Å²) in [7, 11) is 0. The van der Waals surface area contributed by atoms with Crippen LogP contribution in [-0.2, 0) is 9.59 Å². The van der Waals surface area contributed by atoms with Crippen molar-refractivity contribution >= 4 is 11.8 Å². The number of para-hydroxylation sites is 2. The minimum Gasteiger partial charge on any atom is -0.485 e. The first kappa shape index (κ1) is 19.5. The van der Waals surface area contributed by atoms with Crippen LogP contribution < -0.4 is 14.8 Å². The molecule has 2 fully saturated rings. The van der Waals surface area contributed by atoms with Crippen LogP contribution >= 0.6 is 0 Å². The van der Waals surface area contributed by atoms with Gasteiger partial charge in [0.05, 0.1) is 12.6 Å². The third-order valence-corrected chi connectivity index (χ3v) is 5.86. The molecule has 4 rings (SSSR count). The third-order valence-electron chi connectivity index (χ3n) is 5.86. The summed E-state index contributed by atoms with van der Waals surface area (Å²) in [6, 6.07) is 9.57. The normalized spacial score (nSPS) is 23.6. The van der Waals surface area contributed by atoms with Crippen LogP contribution in [0, 0.1) is 17.2 Å². The molecule has 1 aromatic carbocycles. The van der Waals surface area contributed by atoms with Crippen molar-refractivity contribution in [1.82, 2.24) is 15.1 Å². The van der Waals surface area contributed by atoms with Crippen LogP contribution in [0.4, 0.5) is 0 Å². The second kappa shape index (κ2) is 7.91. The Bertz CT molecular complexity index is 826. The highest BCUT2D eigenvalue weighted by Gasteiger charge is 2.43. The molecular weight excluding hydrogens is 372 g/mol. The van der Waals surface area contributed by atoms with Gasteiger partial charge >= 0.3 is 0 Å². The summed E-state index contributed by atoms with van der Waals surface area (Å²) in [4.78, 5) is 28.9. The van der Waals surface area contributed by atoms with Gasteiger partial charge < -0.3 is 19.7 Å². The van der Waals surface area contributed by atoms with Gasteiger partial charge in [0.25, 0.3) is 5.91 Å². The van der Waals surface area contributed by atoms with E-state index in [0.29, 0.717) is 37.7 Å². The molecule has 29 heavy (non-hydrogen) atoms. The number of fused-ring (bicyclic) bond motifs is 1. The summed E-state index contributed by atoms with van der Waals surface area (Å²) in [5.41, 5.74) is -0.774. The monoisotopic (exact) mass is 398 g/mol. The van der Waals surface area contributed by atoms with E-state index in [1.54, 1.807) is 17.9 Å². The van der Waals surface area contributed by atoms with Gasteiger partial charge in [0.15, 0.2) is 11.5 Å². The fourth-order valence-electron chi connectivity index (χ4n) is 3.89. The lowest BCUT2D eigenvalue weighted by Crippen LogP contribution is -2.56. The van der Waals surface area contributed by atoms with Gasteiger partial charge in [-0.05, 0) is 37.8 Å². The number of carbonyl (C=O) groups excluding carboxylic acids is 2. The summed E-state index contributed by atoms with van der Waals surface area (Å²) in [5.74, 6) is 1.27. The van der Waals surface area contributed by atoms with Gasteiger partial charge in [-0.25, -0.2) is 0 Å². The molecule has 0 bridgehead atoms. The maximum absolute atomic E-state index is 12.8. The Kier molecular flexibility index (Phi) is 5.33. The van der Waals surface area contributed by atoms with Crippen molar-refractivity contribution in [3.63, 3.8) is 0 Å². The van der Waals surface area contributed by atoms with E-state index in [-0.39, 0.29) is 30.9 Å². The highest BCUT2D eigenvalue weighted by Crippen LogP contribution is 2.39. The van der Waals surface area contributed by atoms with Crippen LogP contribution in [0.1, 0.15) is 19.8 Å². The van der Waals surface area contributed by atoms with Gasteiger partial charge in [0, 0.05) is 26.2 Å². The minimum absolute atomic E-state index is 0.0885. The average molecular weight is 398 g/mol. The van der Waals surface area contributed by atoms with Crippen molar-refractivity contribution in [2.24, 2.45) is 5.92 Å². The molecule has 2 heterocycles. The van der Waals surface area contributed by atoms with Crippen molar-refractivity contribution in [3.8, 4) is 17.6 Å². The number of hydrogen-bond acceptors (Lipinski definition) is 6. The first-order valence-corrected chi connectivity index (χ1v) is 10.1. The van der Waals surface area contributed by atoms with Gasteiger partial charge in [-0.3, -0.25) is 14.5 Å². The maximum atomic E-state index is 12.8. The Labute approximate surface area is 170 Å². The topological polar surface area (TPSA) is 94.9 Å². The quantitative estimate of drug-likeness (QED) is 0.788. The lowest BCUT2D eigenvalue weighted by Gasteiger charge is -2.37. The highest BCUT2D eigenvalue weighted by molar-refractivity contribution is 5.82. The van der Waals surface area contributed by atoms with E-state index in [9.17, 15) is 14.9 Å². The van der Waals surface area contributed by atoms with Gasteiger partial charge in [0.2, 0.25) is 12.0 Å². The number of rotatable bonds is 5. The van der Waals surface area contributed by atoms with E-state index in [1.807, 2.05) is 23.1 Å². The van der Waals surface area contributed by atoms with Gasteiger partial charge in [-0.1, -0.05) is 12.1 Å². The summed E-state index contributed by atoms with van der Waals surface area (Å²) in [6.45, 7) is 4.52. The van der Waals surface area contributed by atoms with Crippen molar-refractivity contribution in [2.75, 3.05) is 39.3 Å². The zero-order valence-electron chi connectivity index (χ0n) is 16.6. The second-order valence-electron chi connectivity index (χ2n) is 8.10. The minimum atomic E-state index is -0.774. The average Bonchev–Trinajstić information content (AvgIpc) is 3.59. The molecule has 0 aromatic heterocycles. The molecule has 3 aliphatic rings. The number of nitriles is 1. The first-order chi connectivity index (χ1) is 14.0. The van der Waals surface area contributed by atoms with E-state index in [4.69, 9.17) is 9.47 Å². The number of hydrogen-bond donors (Lipinski definition) is 1. The Balaban J connectivity index is 1.25. The molecule has 2 atom stereocenters. The van der Waals surface area contributed by atoms with Crippen molar-refractivity contribution < 1.29 is 19.1 Å². The predicted octanol–water partition coefficient (Wildman–Crippen LogP) is 0.779. The summed E-state index contributed by atoms with van der Waals surface area (Å²) in [5, 5.41) is 12.3. The molecule has 1 aromatic rings. The van der Waals surface area contributed by atoms with Gasteiger partial charge in [-0.2, -0.15) is 5.26 Å². The zero-order valence-corrected chi connectivity index (χ0v) is 16.6. The molecule has 2 amide bonds. The Morgan fingerprint density at radius 2 is 1.90 bits per heavy atom. The Hall–Kier alpha value is -2.79. The van der Waals surface area contributed by atoms with Crippen LogP contribution in [0.3, 0.4) is 0 Å². The number of carbonyl (C=O) groups is 2. The molecular formula is C21H26N4O4. The number of benzene rings is 1. The fourth-order valence-corrected chi connectivity index (χ4v) is 3.89. The molecule has 8 nitrogen and oxygen atoms in total. The number of amides is 2. The van der Waals surface area contributed by atoms with Gasteiger partial charge in [-0.15, -0.1) is 0 Å². The molecule has 1 saturated heterocycles. The van der Waals surface area contributed by atoms with Crippen molar-refractivity contribution in [3.05, 3.63) is 24.3 Å². The lowest BCUT2D eigenvalue weighted by molar-refractivity contribution is -0.143. The molecule has 0 unspecified atom stereocenters. The largest absolute Gasteiger partial charge is 0.485 e. The molecule has 1 aliphatic carbocycles. The molecule has 8 heteroatoms. The first-order valence-electron chi connectivity index (χ1n) is 10.1. The van der Waals surface area contributed by atoms with E-state index in [2.05, 4.69) is 11.4 Å². The fraction of sp³-hybridized carbons (Fsp3) is 0.571. The Morgan fingerprint density at radius 3 is 2.55 bits per heavy atom. The Morgan fingerprint density at radius 1 is 1.21 bits per heavy atom. The predicted molar refractivity (Wildman–Crippen MR) is 104 cm³/mol. The van der Waals surface area contributed by atoms with Crippen LogP contribution in [0.5, 0.6) is 11.5 Å². The molecule has 1 N–H and O–H groups in total. The van der Waals surface area contributed by atoms with Gasteiger partial charge in [0.1, 0.15) is 12.1 Å². The molecule has 154 valence electrons. The van der Waals surface area contributed by atoms with E-state index in [0.717, 1.165) is 12.8 Å². The van der Waals surface area contributed by atoms with Crippen LogP contribution in [0.25, 0.3) is 0 Å². The maximum Gasteiger partial charge on any atom is 0.267 e. The number of ether oxygens (including phenoxy) is 2. The number of nitrogens with zero attached hydrogens (tertiary/aromatic N) is 3. The highest BCUT2D eigenvalue weighted by atomic mass is 16.6. The smallest absolute Gasteiger partial charge is 0.267 e. The van der Waals surface area contributed by atoms with Crippen molar-refractivity contribution in [2.45, 2.75) is 31.4 Å². The van der Waals surface area contributed by atoms with Crippen LogP contribution in [-0.4, -0.2) is 72.6 Å². The van der Waals surface area contributed by atoms with Crippen LogP contribution in [0.15, 0.2) is 24.3 Å². The second-order valence-corrected chi connectivity index (χ2v) is 8.10. The van der Waals surface area contributed by atoms with E-state index in [1.165, 1.54) is 0 Å². The molecule has 1 saturated carbocycles. The molecule has 0 radical (unpaired) electrons. The van der Waals surface area contributed by atoms with Crippen LogP contribution in [0.2, 0.25) is 0 Å². The molecule has 2 aliphatic heterocycles. The standard InChI is InChI=1S/C21H26N4O4/c1-21(14-22,15-6-7-15)23-19(26)12-24-8-10-25(11-9-24)20(27)18-13-28-16-4-2-3-5-17(16)29-18/h2-5,15,18H,6-13H2,1H3,(H,23,26)/t18-,21+/m0/s1.